The average molecular weight is 438 g/mol. The van der Waals surface area contributed by atoms with E-state index in [1.54, 1.807) is 0 Å². The van der Waals surface area contributed by atoms with Gasteiger partial charge in [-0.15, -0.1) is 0 Å². The Morgan fingerprint density at radius 2 is 1.81 bits per heavy atom. The van der Waals surface area contributed by atoms with E-state index in [4.69, 9.17) is 11.5 Å². The summed E-state index contributed by atoms with van der Waals surface area (Å²) in [6.07, 6.45) is 10.2. The maximum atomic E-state index is 12.9. The summed E-state index contributed by atoms with van der Waals surface area (Å²) in [7, 11) is 0. The van der Waals surface area contributed by atoms with E-state index in [0.717, 1.165) is 42.1 Å². The first kappa shape index (κ1) is 22.3. The van der Waals surface area contributed by atoms with Crippen molar-refractivity contribution in [3.05, 3.63) is 29.6 Å². The normalized spacial score (nSPS) is 21.8. The van der Waals surface area contributed by atoms with E-state index in [1.807, 2.05) is 19.1 Å². The Morgan fingerprint density at radius 1 is 1.06 bits per heavy atom. The zero-order chi connectivity index (χ0) is 22.5. The summed E-state index contributed by atoms with van der Waals surface area (Å²) in [5.74, 6) is 1.31. The molecule has 172 valence electrons. The number of rotatable bonds is 6. The summed E-state index contributed by atoms with van der Waals surface area (Å²) >= 11 is 0. The SMILES string of the molecule is Cc1ccc2nc(C(=O)NCC3CCCCC3)nc(NC3CCCCC3N=C(N)N)c2c1. The van der Waals surface area contributed by atoms with E-state index < -0.39 is 0 Å². The number of amides is 1. The number of aryl methyl sites for hydroxylation is 1. The third-order valence-corrected chi connectivity index (χ3v) is 6.70. The zero-order valence-corrected chi connectivity index (χ0v) is 18.9. The van der Waals surface area contributed by atoms with E-state index in [9.17, 15) is 4.79 Å². The molecule has 0 radical (unpaired) electrons. The average Bonchev–Trinajstić information content (AvgIpc) is 2.79. The second-order valence-electron chi connectivity index (χ2n) is 9.29. The van der Waals surface area contributed by atoms with Crippen LogP contribution in [-0.4, -0.2) is 40.5 Å². The lowest BCUT2D eigenvalue weighted by Gasteiger charge is -2.30. The quantitative estimate of drug-likeness (QED) is 0.405. The lowest BCUT2D eigenvalue weighted by atomic mass is 9.89. The summed E-state index contributed by atoms with van der Waals surface area (Å²) in [5, 5.41) is 7.53. The molecule has 0 spiro atoms. The number of hydrogen-bond donors (Lipinski definition) is 4. The second-order valence-corrected chi connectivity index (χ2v) is 9.29. The van der Waals surface area contributed by atoms with Gasteiger partial charge in [-0.1, -0.05) is 43.7 Å². The van der Waals surface area contributed by atoms with Crippen molar-refractivity contribution in [2.75, 3.05) is 11.9 Å². The Morgan fingerprint density at radius 3 is 2.59 bits per heavy atom. The molecule has 4 rings (SSSR count). The summed E-state index contributed by atoms with van der Waals surface area (Å²) in [5.41, 5.74) is 13.2. The van der Waals surface area contributed by atoms with Crippen LogP contribution in [0.2, 0.25) is 0 Å². The zero-order valence-electron chi connectivity index (χ0n) is 18.9. The first-order valence-corrected chi connectivity index (χ1v) is 11.9. The van der Waals surface area contributed by atoms with Crippen LogP contribution in [0.1, 0.15) is 74.0 Å². The van der Waals surface area contributed by atoms with Crippen molar-refractivity contribution in [1.82, 2.24) is 15.3 Å². The number of carbonyl (C=O) groups is 1. The molecule has 1 aromatic carbocycles. The summed E-state index contributed by atoms with van der Waals surface area (Å²) in [6, 6.07) is 6.06. The van der Waals surface area contributed by atoms with Gasteiger partial charge in [0.05, 0.1) is 17.6 Å². The van der Waals surface area contributed by atoms with Crippen LogP contribution in [0.4, 0.5) is 5.82 Å². The number of nitrogens with zero attached hydrogens (tertiary/aromatic N) is 3. The Balaban J connectivity index is 1.59. The molecule has 1 amide bonds. The van der Waals surface area contributed by atoms with Crippen LogP contribution >= 0.6 is 0 Å². The number of nitrogens with one attached hydrogen (secondary N) is 2. The van der Waals surface area contributed by atoms with Crippen molar-refractivity contribution in [2.24, 2.45) is 22.4 Å². The highest BCUT2D eigenvalue weighted by molar-refractivity contribution is 5.96. The molecule has 2 unspecified atom stereocenters. The van der Waals surface area contributed by atoms with Gasteiger partial charge in [-0.05, 0) is 50.7 Å². The Kier molecular flexibility index (Phi) is 7.07. The molecule has 2 aromatic rings. The van der Waals surface area contributed by atoms with Gasteiger partial charge >= 0.3 is 0 Å². The molecule has 0 bridgehead atoms. The van der Waals surface area contributed by atoms with Crippen molar-refractivity contribution in [2.45, 2.75) is 76.8 Å². The Bertz CT molecular complexity index is 980. The molecular formula is C24H35N7O. The minimum absolute atomic E-state index is 0.00727. The lowest BCUT2D eigenvalue weighted by Crippen LogP contribution is -2.38. The fourth-order valence-electron chi connectivity index (χ4n) is 4.96. The molecule has 1 aromatic heterocycles. The highest BCUT2D eigenvalue weighted by Crippen LogP contribution is 2.28. The van der Waals surface area contributed by atoms with Crippen LogP contribution in [-0.2, 0) is 0 Å². The van der Waals surface area contributed by atoms with Crippen molar-refractivity contribution in [3.8, 4) is 0 Å². The first-order valence-electron chi connectivity index (χ1n) is 11.9. The molecule has 2 atom stereocenters. The number of fused-ring (bicyclic) bond motifs is 1. The maximum absolute atomic E-state index is 12.9. The number of guanidine groups is 1. The second kappa shape index (κ2) is 10.1. The predicted molar refractivity (Wildman–Crippen MR) is 129 cm³/mol. The molecule has 2 fully saturated rings. The van der Waals surface area contributed by atoms with Gasteiger partial charge in [-0.25, -0.2) is 15.0 Å². The van der Waals surface area contributed by atoms with Crippen molar-refractivity contribution in [1.29, 1.82) is 0 Å². The monoisotopic (exact) mass is 437 g/mol. The topological polar surface area (TPSA) is 131 Å². The van der Waals surface area contributed by atoms with Crippen LogP contribution in [0.5, 0.6) is 0 Å². The summed E-state index contributed by atoms with van der Waals surface area (Å²) in [4.78, 5) is 26.6. The van der Waals surface area contributed by atoms with Crippen LogP contribution < -0.4 is 22.1 Å². The van der Waals surface area contributed by atoms with Gasteiger partial charge in [-0.2, -0.15) is 0 Å². The molecule has 0 aliphatic heterocycles. The molecule has 0 saturated heterocycles. The first-order chi connectivity index (χ1) is 15.5. The van der Waals surface area contributed by atoms with Crippen LogP contribution in [0.15, 0.2) is 23.2 Å². The van der Waals surface area contributed by atoms with E-state index in [0.29, 0.717) is 18.3 Å². The van der Waals surface area contributed by atoms with Gasteiger partial charge in [0, 0.05) is 11.9 Å². The number of carbonyl (C=O) groups excluding carboxylic acids is 1. The fraction of sp³-hybridized carbons (Fsp3) is 0.583. The summed E-state index contributed by atoms with van der Waals surface area (Å²) < 4.78 is 0. The minimum Gasteiger partial charge on any atom is -0.370 e. The smallest absolute Gasteiger partial charge is 0.289 e. The molecule has 8 nitrogen and oxygen atoms in total. The molecule has 1 heterocycles. The van der Waals surface area contributed by atoms with E-state index >= 15 is 0 Å². The largest absolute Gasteiger partial charge is 0.370 e. The number of hydrogen-bond acceptors (Lipinski definition) is 5. The number of aliphatic imine (C=N–C) groups is 1. The number of nitrogens with two attached hydrogens (primary N) is 2. The third-order valence-electron chi connectivity index (χ3n) is 6.70. The molecule has 2 saturated carbocycles. The van der Waals surface area contributed by atoms with Gasteiger partial charge in [0.1, 0.15) is 5.82 Å². The van der Waals surface area contributed by atoms with Gasteiger partial charge in [0.2, 0.25) is 5.82 Å². The van der Waals surface area contributed by atoms with Crippen molar-refractivity contribution in [3.63, 3.8) is 0 Å². The van der Waals surface area contributed by atoms with Gasteiger partial charge in [0.15, 0.2) is 5.96 Å². The van der Waals surface area contributed by atoms with Crippen LogP contribution in [0, 0.1) is 12.8 Å². The number of anilines is 1. The molecule has 32 heavy (non-hydrogen) atoms. The molecular weight excluding hydrogens is 402 g/mol. The third kappa shape index (κ3) is 5.47. The van der Waals surface area contributed by atoms with E-state index in [1.165, 1.54) is 32.1 Å². The molecule has 8 heteroatoms. The van der Waals surface area contributed by atoms with Gasteiger partial charge in [0.25, 0.3) is 5.91 Å². The molecule has 2 aliphatic carbocycles. The summed E-state index contributed by atoms with van der Waals surface area (Å²) in [6.45, 7) is 2.73. The number of benzene rings is 1. The lowest BCUT2D eigenvalue weighted by molar-refractivity contribution is 0.0933. The van der Waals surface area contributed by atoms with E-state index in [-0.39, 0.29) is 29.8 Å². The maximum Gasteiger partial charge on any atom is 0.289 e. The Labute approximate surface area is 189 Å². The van der Waals surface area contributed by atoms with Gasteiger partial charge < -0.3 is 22.1 Å². The van der Waals surface area contributed by atoms with E-state index in [2.05, 4.69) is 31.7 Å². The highest BCUT2D eigenvalue weighted by atomic mass is 16.2. The number of aromatic nitrogens is 2. The predicted octanol–water partition coefficient (Wildman–Crippen LogP) is 3.24. The standard InChI is InChI=1S/C24H35N7O/c1-15-11-12-18-17(13-15)21(29-19-9-5-6-10-20(19)30-24(25)26)31-22(28-18)23(32)27-14-16-7-3-2-4-8-16/h11-13,16,19-20H,2-10,14H2,1H3,(H,27,32)(H4,25,26,30)(H,28,29,31). The minimum atomic E-state index is -0.217. The van der Waals surface area contributed by atoms with Crippen molar-refractivity contribution < 1.29 is 4.79 Å². The van der Waals surface area contributed by atoms with Gasteiger partial charge in [-0.3, -0.25) is 4.79 Å². The molecule has 2 aliphatic rings. The molecule has 6 N–H and O–H groups in total. The Hall–Kier alpha value is -2.90. The van der Waals surface area contributed by atoms with Crippen LogP contribution in [0.3, 0.4) is 0 Å². The fourth-order valence-corrected chi connectivity index (χ4v) is 4.96. The van der Waals surface area contributed by atoms with Crippen LogP contribution in [0.25, 0.3) is 10.9 Å². The highest BCUT2D eigenvalue weighted by Gasteiger charge is 2.26. The van der Waals surface area contributed by atoms with Crippen molar-refractivity contribution >= 4 is 28.6 Å².